The van der Waals surface area contributed by atoms with Crippen molar-refractivity contribution in [2.45, 2.75) is 24.0 Å². The molecule has 1 aliphatic carbocycles. The van der Waals surface area contributed by atoms with E-state index in [1.807, 2.05) is 18.7 Å². The van der Waals surface area contributed by atoms with Gasteiger partial charge in [0.15, 0.2) is 0 Å². The smallest absolute Gasteiger partial charge is 0.256 e. The fraction of sp³-hybridized carbons (Fsp3) is 0.261. The Hall–Kier alpha value is -2.14. The summed E-state index contributed by atoms with van der Waals surface area (Å²) in [6.45, 7) is 1.85. The van der Waals surface area contributed by atoms with Gasteiger partial charge >= 0.3 is 0 Å². The third-order valence-corrected chi connectivity index (χ3v) is 6.52. The van der Waals surface area contributed by atoms with Gasteiger partial charge in [0, 0.05) is 36.0 Å². The first-order chi connectivity index (χ1) is 13.1. The van der Waals surface area contributed by atoms with Crippen LogP contribution in [0.1, 0.15) is 13.3 Å². The average Bonchev–Trinajstić information content (AvgIpc) is 2.72. The molecular formula is C23H22O3S. The van der Waals surface area contributed by atoms with Gasteiger partial charge in [0.05, 0.1) is 0 Å². The van der Waals surface area contributed by atoms with E-state index in [0.29, 0.717) is 0 Å². The summed E-state index contributed by atoms with van der Waals surface area (Å²) in [5, 5.41) is 5.02. The minimum Gasteiger partial charge on any atom is -0.343 e. The van der Waals surface area contributed by atoms with E-state index in [2.05, 4.69) is 54.6 Å². The topological polar surface area (TPSA) is 35.5 Å². The maximum Gasteiger partial charge on any atom is 0.256 e. The van der Waals surface area contributed by atoms with Gasteiger partial charge in [0.2, 0.25) is 5.78 Å². The van der Waals surface area contributed by atoms with Crippen LogP contribution in [0.5, 0.6) is 0 Å². The summed E-state index contributed by atoms with van der Waals surface area (Å²) in [7, 11) is 3.05. The second-order valence-corrected chi connectivity index (χ2v) is 7.81. The van der Waals surface area contributed by atoms with E-state index >= 15 is 0 Å². The Morgan fingerprint density at radius 3 is 2.04 bits per heavy atom. The Labute approximate surface area is 163 Å². The second kappa shape index (κ2) is 7.12. The molecule has 0 aliphatic heterocycles. The SMILES string of the molecule is COC1(OC)C(=O)C(C)=C1CCSc1c2ccccc2cc2ccccc12. The number of rotatable bonds is 6. The molecule has 3 aromatic rings. The predicted octanol–water partition coefficient (Wildman–Crippen LogP) is 5.36. The van der Waals surface area contributed by atoms with Crippen molar-refractivity contribution in [2.24, 2.45) is 0 Å². The van der Waals surface area contributed by atoms with E-state index in [1.54, 1.807) is 0 Å². The first kappa shape index (κ1) is 18.2. The second-order valence-electron chi connectivity index (χ2n) is 6.70. The molecule has 0 saturated heterocycles. The summed E-state index contributed by atoms with van der Waals surface area (Å²) in [5.41, 5.74) is 1.72. The number of carbonyl (C=O) groups excluding carboxylic acids is 1. The zero-order valence-corrected chi connectivity index (χ0v) is 16.6. The van der Waals surface area contributed by atoms with Gasteiger partial charge < -0.3 is 9.47 Å². The largest absolute Gasteiger partial charge is 0.343 e. The minimum atomic E-state index is -1.18. The molecule has 0 bridgehead atoms. The summed E-state index contributed by atoms with van der Waals surface area (Å²) < 4.78 is 10.8. The highest BCUT2D eigenvalue weighted by Crippen LogP contribution is 2.42. The minimum absolute atomic E-state index is 0.0666. The molecule has 4 rings (SSSR count). The number of benzene rings is 3. The van der Waals surface area contributed by atoms with Gasteiger partial charge in [-0.3, -0.25) is 4.79 Å². The van der Waals surface area contributed by atoms with Crippen molar-refractivity contribution in [2.75, 3.05) is 20.0 Å². The Kier molecular flexibility index (Phi) is 4.81. The maximum absolute atomic E-state index is 12.2. The highest BCUT2D eigenvalue weighted by molar-refractivity contribution is 7.99. The number of carbonyl (C=O) groups is 1. The van der Waals surface area contributed by atoms with Crippen LogP contribution in [-0.4, -0.2) is 31.5 Å². The summed E-state index contributed by atoms with van der Waals surface area (Å²) in [6.07, 6.45) is 0.751. The molecule has 4 heteroatoms. The van der Waals surface area contributed by atoms with E-state index in [-0.39, 0.29) is 5.78 Å². The molecule has 1 aliphatic rings. The van der Waals surface area contributed by atoms with Crippen LogP contribution in [0.15, 0.2) is 70.6 Å². The molecule has 3 nitrogen and oxygen atoms in total. The third kappa shape index (κ3) is 2.80. The van der Waals surface area contributed by atoms with Crippen LogP contribution in [-0.2, 0) is 14.3 Å². The monoisotopic (exact) mass is 378 g/mol. The molecule has 0 aromatic heterocycles. The van der Waals surface area contributed by atoms with Crippen molar-refractivity contribution in [1.29, 1.82) is 0 Å². The number of ketones is 1. The first-order valence-corrected chi connectivity index (χ1v) is 9.99. The van der Waals surface area contributed by atoms with Gasteiger partial charge in [-0.15, -0.1) is 11.8 Å². The third-order valence-electron chi connectivity index (χ3n) is 5.38. The van der Waals surface area contributed by atoms with E-state index in [9.17, 15) is 4.79 Å². The number of hydrogen-bond donors (Lipinski definition) is 0. The van der Waals surface area contributed by atoms with Crippen molar-refractivity contribution in [3.8, 4) is 0 Å². The fourth-order valence-corrected chi connectivity index (χ4v) is 5.15. The molecule has 0 radical (unpaired) electrons. The molecule has 0 fully saturated rings. The molecule has 0 heterocycles. The molecule has 0 atom stereocenters. The zero-order valence-electron chi connectivity index (χ0n) is 15.7. The van der Waals surface area contributed by atoms with Crippen LogP contribution >= 0.6 is 11.8 Å². The molecule has 0 amide bonds. The molecular weight excluding hydrogens is 356 g/mol. The average molecular weight is 378 g/mol. The number of methoxy groups -OCH3 is 2. The lowest BCUT2D eigenvalue weighted by atomic mass is 9.79. The Morgan fingerprint density at radius 2 is 1.48 bits per heavy atom. The van der Waals surface area contributed by atoms with Gasteiger partial charge in [-0.2, -0.15) is 0 Å². The zero-order chi connectivity index (χ0) is 19.0. The predicted molar refractivity (Wildman–Crippen MR) is 111 cm³/mol. The van der Waals surface area contributed by atoms with Crippen LogP contribution in [0.3, 0.4) is 0 Å². The summed E-state index contributed by atoms with van der Waals surface area (Å²) >= 11 is 1.83. The molecule has 27 heavy (non-hydrogen) atoms. The standard InChI is InChI=1S/C23H22O3S/c1-15-20(23(25-2,26-3)22(15)24)12-13-27-21-18-10-6-4-8-16(18)14-17-9-5-7-11-19(17)21/h4-11,14H,12-13H2,1-3H3. The normalized spacial score (nSPS) is 16.2. The van der Waals surface area contributed by atoms with Gasteiger partial charge in [0.25, 0.3) is 5.79 Å². The summed E-state index contributed by atoms with van der Waals surface area (Å²) in [4.78, 5) is 13.5. The van der Waals surface area contributed by atoms with Crippen molar-refractivity contribution in [3.05, 3.63) is 65.7 Å². The number of Topliss-reactive ketones (excluding diaryl/α,β-unsaturated/α-hetero) is 1. The summed E-state index contributed by atoms with van der Waals surface area (Å²) in [5.74, 6) is -0.388. The van der Waals surface area contributed by atoms with Crippen molar-refractivity contribution in [1.82, 2.24) is 0 Å². The number of fused-ring (bicyclic) bond motifs is 2. The lowest BCUT2D eigenvalue weighted by molar-refractivity contribution is -0.196. The van der Waals surface area contributed by atoms with E-state index in [1.165, 1.54) is 40.7 Å². The molecule has 138 valence electrons. The van der Waals surface area contributed by atoms with Gasteiger partial charge in [0.1, 0.15) is 0 Å². The van der Waals surface area contributed by atoms with Gasteiger partial charge in [-0.25, -0.2) is 0 Å². The van der Waals surface area contributed by atoms with Crippen LogP contribution < -0.4 is 0 Å². The maximum atomic E-state index is 12.2. The molecule has 0 unspecified atom stereocenters. The molecule has 0 N–H and O–H groups in total. The van der Waals surface area contributed by atoms with Crippen LogP contribution in [0.2, 0.25) is 0 Å². The Bertz CT molecular complexity index is 1010. The van der Waals surface area contributed by atoms with Crippen molar-refractivity contribution < 1.29 is 14.3 Å². The molecule has 0 spiro atoms. The van der Waals surface area contributed by atoms with Crippen LogP contribution in [0.4, 0.5) is 0 Å². The summed E-state index contributed by atoms with van der Waals surface area (Å²) in [6, 6.07) is 19.2. The van der Waals surface area contributed by atoms with E-state index in [4.69, 9.17) is 9.47 Å². The number of hydrogen-bond acceptors (Lipinski definition) is 4. The first-order valence-electron chi connectivity index (χ1n) is 9.01. The quantitative estimate of drug-likeness (QED) is 0.328. The molecule has 3 aromatic carbocycles. The Morgan fingerprint density at radius 1 is 0.926 bits per heavy atom. The number of thioether (sulfide) groups is 1. The fourth-order valence-electron chi connectivity index (χ4n) is 3.96. The van der Waals surface area contributed by atoms with E-state index in [0.717, 1.165) is 23.3 Å². The lowest BCUT2D eigenvalue weighted by Crippen LogP contribution is -2.53. The van der Waals surface area contributed by atoms with Gasteiger partial charge in [-0.1, -0.05) is 48.5 Å². The van der Waals surface area contributed by atoms with Gasteiger partial charge in [-0.05, 0) is 41.0 Å². The number of ether oxygens (including phenoxy) is 2. The van der Waals surface area contributed by atoms with Crippen LogP contribution in [0.25, 0.3) is 21.5 Å². The molecule has 0 saturated carbocycles. The highest BCUT2D eigenvalue weighted by atomic mass is 32.2. The van der Waals surface area contributed by atoms with Crippen molar-refractivity contribution >= 4 is 39.1 Å². The highest BCUT2D eigenvalue weighted by Gasteiger charge is 2.52. The van der Waals surface area contributed by atoms with Crippen molar-refractivity contribution in [3.63, 3.8) is 0 Å². The lowest BCUT2D eigenvalue weighted by Gasteiger charge is -2.40. The van der Waals surface area contributed by atoms with Crippen LogP contribution in [0, 0.1) is 0 Å². The Balaban J connectivity index is 1.65. The van der Waals surface area contributed by atoms with E-state index < -0.39 is 5.79 Å².